The summed E-state index contributed by atoms with van der Waals surface area (Å²) >= 11 is 0. The van der Waals surface area contributed by atoms with Gasteiger partial charge in [-0.25, -0.2) is 4.98 Å². The van der Waals surface area contributed by atoms with E-state index in [4.69, 9.17) is 9.47 Å². The number of likely N-dealkylation sites (tertiary alicyclic amines) is 1. The van der Waals surface area contributed by atoms with Gasteiger partial charge >= 0.3 is 0 Å². The zero-order valence-corrected chi connectivity index (χ0v) is 21.8. The van der Waals surface area contributed by atoms with Crippen molar-refractivity contribution in [3.05, 3.63) is 66.1 Å². The zero-order chi connectivity index (χ0) is 27.0. The molecule has 2 aromatic heterocycles. The number of aromatic amines is 1. The van der Waals surface area contributed by atoms with E-state index in [2.05, 4.69) is 25.6 Å². The zero-order valence-electron chi connectivity index (χ0n) is 21.8. The summed E-state index contributed by atoms with van der Waals surface area (Å²) in [6.07, 6.45) is 4.56. The van der Waals surface area contributed by atoms with Gasteiger partial charge in [0.15, 0.2) is 11.6 Å². The summed E-state index contributed by atoms with van der Waals surface area (Å²) in [4.78, 5) is 32.8. The van der Waals surface area contributed by atoms with Gasteiger partial charge in [-0.3, -0.25) is 19.4 Å². The van der Waals surface area contributed by atoms with Crippen molar-refractivity contribution in [3.8, 4) is 22.9 Å². The molecule has 0 unspecified atom stereocenters. The SMILES string of the molecule is CCOc1cc(C(=O)N2CCC3(CC2)CC(=O)c2cc(Nc4ccnn4C)ccc2O3)cc(-c2ncn[nH]2)c1. The molecule has 200 valence electrons. The molecule has 0 radical (unpaired) electrons. The van der Waals surface area contributed by atoms with E-state index in [1.807, 2.05) is 49.2 Å². The monoisotopic (exact) mass is 527 g/mol. The molecule has 11 nitrogen and oxygen atoms in total. The van der Waals surface area contributed by atoms with Crippen LogP contribution >= 0.6 is 0 Å². The van der Waals surface area contributed by atoms with Crippen molar-refractivity contribution in [1.29, 1.82) is 0 Å². The summed E-state index contributed by atoms with van der Waals surface area (Å²) in [6.45, 7) is 3.35. The van der Waals surface area contributed by atoms with Gasteiger partial charge in [-0.2, -0.15) is 10.2 Å². The third kappa shape index (κ3) is 4.83. The first-order valence-electron chi connectivity index (χ1n) is 13.0. The van der Waals surface area contributed by atoms with E-state index in [1.165, 1.54) is 6.33 Å². The minimum Gasteiger partial charge on any atom is -0.494 e. The molecule has 2 aliphatic rings. The summed E-state index contributed by atoms with van der Waals surface area (Å²) in [5.41, 5.74) is 1.99. The number of carbonyl (C=O) groups excluding carboxylic acids is 2. The number of anilines is 2. The molecular formula is C28H29N7O4. The predicted molar refractivity (Wildman–Crippen MR) is 143 cm³/mol. The van der Waals surface area contributed by atoms with Crippen molar-refractivity contribution in [3.63, 3.8) is 0 Å². The molecule has 1 fully saturated rings. The number of H-pyrrole nitrogens is 1. The van der Waals surface area contributed by atoms with E-state index in [-0.39, 0.29) is 18.1 Å². The molecule has 0 saturated carbocycles. The number of benzene rings is 2. The topological polar surface area (TPSA) is 127 Å². The van der Waals surface area contributed by atoms with Crippen LogP contribution in [0.3, 0.4) is 0 Å². The van der Waals surface area contributed by atoms with Crippen LogP contribution in [0.15, 0.2) is 55.0 Å². The maximum Gasteiger partial charge on any atom is 0.254 e. The van der Waals surface area contributed by atoms with Crippen molar-refractivity contribution in [2.24, 2.45) is 7.05 Å². The lowest BCUT2D eigenvalue weighted by molar-refractivity contribution is -0.00570. The average molecular weight is 528 g/mol. The molecule has 0 aliphatic carbocycles. The molecule has 4 heterocycles. The van der Waals surface area contributed by atoms with Crippen molar-refractivity contribution < 1.29 is 19.1 Å². The number of piperidine rings is 1. The van der Waals surface area contributed by atoms with E-state index in [0.29, 0.717) is 61.0 Å². The van der Waals surface area contributed by atoms with Crippen LogP contribution in [-0.4, -0.2) is 66.8 Å². The number of fused-ring (bicyclic) bond motifs is 1. The lowest BCUT2D eigenvalue weighted by Gasteiger charge is -2.44. The second-order valence-corrected chi connectivity index (χ2v) is 9.87. The molecule has 39 heavy (non-hydrogen) atoms. The normalized spacial score (nSPS) is 16.1. The molecule has 2 aromatic carbocycles. The Kier molecular flexibility index (Phi) is 6.26. The summed E-state index contributed by atoms with van der Waals surface area (Å²) in [5, 5.41) is 14.2. The minimum atomic E-state index is -0.615. The number of hydrogen-bond donors (Lipinski definition) is 2. The summed E-state index contributed by atoms with van der Waals surface area (Å²) < 4.78 is 13.9. The summed E-state index contributed by atoms with van der Waals surface area (Å²) in [5.74, 6) is 2.52. The highest BCUT2D eigenvalue weighted by Crippen LogP contribution is 2.41. The lowest BCUT2D eigenvalue weighted by Crippen LogP contribution is -2.52. The van der Waals surface area contributed by atoms with Crippen molar-refractivity contribution in [2.75, 3.05) is 25.0 Å². The Morgan fingerprint density at radius 1 is 1.18 bits per heavy atom. The summed E-state index contributed by atoms with van der Waals surface area (Å²) in [6, 6.07) is 12.8. The average Bonchev–Trinajstić information content (AvgIpc) is 3.62. The van der Waals surface area contributed by atoms with Gasteiger partial charge in [-0.1, -0.05) is 0 Å². The Hall–Kier alpha value is -4.67. The first kappa shape index (κ1) is 24.7. The number of rotatable bonds is 6. The Morgan fingerprint density at radius 3 is 2.74 bits per heavy atom. The van der Waals surface area contributed by atoms with Crippen LogP contribution in [0.25, 0.3) is 11.4 Å². The van der Waals surface area contributed by atoms with Gasteiger partial charge in [-0.15, -0.1) is 0 Å². The number of carbonyl (C=O) groups is 2. The number of hydrogen-bond acceptors (Lipinski definition) is 8. The number of Topliss-reactive ketones (excluding diaryl/α,β-unsaturated/α-hetero) is 1. The number of nitrogens with one attached hydrogen (secondary N) is 2. The fraction of sp³-hybridized carbons (Fsp3) is 0.321. The molecule has 1 saturated heterocycles. The van der Waals surface area contributed by atoms with Gasteiger partial charge in [0.2, 0.25) is 0 Å². The fourth-order valence-electron chi connectivity index (χ4n) is 5.25. The molecule has 0 atom stereocenters. The first-order valence-corrected chi connectivity index (χ1v) is 13.0. The molecule has 2 aliphatic heterocycles. The van der Waals surface area contributed by atoms with Gasteiger partial charge in [0.1, 0.15) is 29.2 Å². The van der Waals surface area contributed by atoms with Crippen LogP contribution in [-0.2, 0) is 7.05 Å². The molecule has 6 rings (SSSR count). The third-order valence-electron chi connectivity index (χ3n) is 7.30. The smallest absolute Gasteiger partial charge is 0.254 e. The second kappa shape index (κ2) is 9.90. The van der Waals surface area contributed by atoms with Gasteiger partial charge in [-0.05, 0) is 43.3 Å². The molecule has 11 heteroatoms. The van der Waals surface area contributed by atoms with Gasteiger partial charge in [0.25, 0.3) is 5.91 Å². The standard InChI is InChI=1S/C28H29N7O4/c1-3-38-21-13-18(26-29-17-30-33-26)12-19(14-21)27(37)35-10-7-28(8-11-35)16-23(36)22-15-20(4-5-24(22)39-28)32-25-6-9-31-34(25)2/h4-6,9,12-15,17,32H,3,7-8,10-11,16H2,1-2H3,(H,29,30,33). The minimum absolute atomic E-state index is 0.0470. The van der Waals surface area contributed by atoms with Crippen molar-refractivity contribution in [2.45, 2.75) is 31.8 Å². The Bertz CT molecular complexity index is 1520. The number of aryl methyl sites for hydroxylation is 1. The second-order valence-electron chi connectivity index (χ2n) is 9.87. The van der Waals surface area contributed by atoms with Gasteiger partial charge < -0.3 is 19.7 Å². The maximum atomic E-state index is 13.5. The largest absolute Gasteiger partial charge is 0.494 e. The summed E-state index contributed by atoms with van der Waals surface area (Å²) in [7, 11) is 1.85. The highest BCUT2D eigenvalue weighted by molar-refractivity contribution is 6.01. The highest BCUT2D eigenvalue weighted by Gasteiger charge is 2.44. The van der Waals surface area contributed by atoms with Gasteiger partial charge in [0, 0.05) is 55.9 Å². The van der Waals surface area contributed by atoms with Gasteiger partial charge in [0.05, 0.1) is 24.8 Å². The quantitative estimate of drug-likeness (QED) is 0.385. The molecule has 1 spiro atoms. The Morgan fingerprint density at radius 2 is 2.03 bits per heavy atom. The number of ether oxygens (including phenoxy) is 2. The maximum absolute atomic E-state index is 13.5. The highest BCUT2D eigenvalue weighted by atomic mass is 16.5. The molecule has 4 aromatic rings. The van der Waals surface area contributed by atoms with E-state index < -0.39 is 5.60 Å². The third-order valence-corrected chi connectivity index (χ3v) is 7.30. The molecule has 2 N–H and O–H groups in total. The number of ketones is 1. The molecular weight excluding hydrogens is 498 g/mol. The van der Waals surface area contributed by atoms with Crippen LogP contribution in [0.5, 0.6) is 11.5 Å². The number of amides is 1. The van der Waals surface area contributed by atoms with Crippen LogP contribution in [0, 0.1) is 0 Å². The van der Waals surface area contributed by atoms with Crippen molar-refractivity contribution >= 4 is 23.2 Å². The van der Waals surface area contributed by atoms with E-state index in [9.17, 15) is 9.59 Å². The first-order chi connectivity index (χ1) is 18.9. The number of nitrogens with zero attached hydrogens (tertiary/aromatic N) is 5. The van der Waals surface area contributed by atoms with E-state index in [1.54, 1.807) is 23.0 Å². The van der Waals surface area contributed by atoms with Crippen LogP contribution in [0.2, 0.25) is 0 Å². The lowest BCUT2D eigenvalue weighted by atomic mass is 9.82. The van der Waals surface area contributed by atoms with Crippen LogP contribution in [0.4, 0.5) is 11.5 Å². The van der Waals surface area contributed by atoms with E-state index in [0.717, 1.165) is 17.1 Å². The Labute approximate surface area is 225 Å². The van der Waals surface area contributed by atoms with Crippen molar-refractivity contribution in [1.82, 2.24) is 29.9 Å². The molecule has 1 amide bonds. The predicted octanol–water partition coefficient (Wildman–Crippen LogP) is 3.99. The number of aromatic nitrogens is 5. The Balaban J connectivity index is 1.16. The van der Waals surface area contributed by atoms with E-state index >= 15 is 0 Å². The molecule has 0 bridgehead atoms. The van der Waals surface area contributed by atoms with Crippen LogP contribution < -0.4 is 14.8 Å². The fourth-order valence-corrected chi connectivity index (χ4v) is 5.25. The van der Waals surface area contributed by atoms with Crippen LogP contribution in [0.1, 0.15) is 46.9 Å².